The summed E-state index contributed by atoms with van der Waals surface area (Å²) >= 11 is 1.21. The molecule has 5 rings (SSSR count). The number of piperazine rings is 1. The molecule has 1 aliphatic carbocycles. The molecule has 29 heavy (non-hydrogen) atoms. The normalized spacial score (nSPS) is 18.7. The fourth-order valence-electron chi connectivity index (χ4n) is 3.70. The molecule has 0 atom stereocenters. The summed E-state index contributed by atoms with van der Waals surface area (Å²) in [4.78, 5) is 6.68. The van der Waals surface area contributed by atoms with Gasteiger partial charge >= 0.3 is 0 Å². The number of benzene rings is 1. The van der Waals surface area contributed by atoms with Gasteiger partial charge in [-0.25, -0.2) is 8.42 Å². The Bertz CT molecular complexity index is 1080. The van der Waals surface area contributed by atoms with Crippen LogP contribution < -0.4 is 4.90 Å². The lowest BCUT2D eigenvalue weighted by Crippen LogP contribution is -2.48. The van der Waals surface area contributed by atoms with Gasteiger partial charge in [0, 0.05) is 48.7 Å². The minimum atomic E-state index is -3.52. The van der Waals surface area contributed by atoms with Crippen LogP contribution >= 0.6 is 11.3 Å². The minimum Gasteiger partial charge on any atom is -0.369 e. The first-order chi connectivity index (χ1) is 14.1. The minimum absolute atomic E-state index is 0.329. The SMILES string of the molecule is O=S(=O)(c1cc(-c2noc(C3CCC3)n2)cs1)N1CCN(c2ccccc2)CC1. The lowest BCUT2D eigenvalue weighted by Gasteiger charge is -2.35. The van der Waals surface area contributed by atoms with Crippen molar-refractivity contribution in [2.75, 3.05) is 31.1 Å². The number of nitrogens with zero attached hydrogens (tertiary/aromatic N) is 4. The third-order valence-corrected chi connectivity index (χ3v) is 9.00. The molecule has 0 bridgehead atoms. The summed E-state index contributed by atoms with van der Waals surface area (Å²) in [7, 11) is -3.52. The number of anilines is 1. The Hall–Kier alpha value is -2.23. The quantitative estimate of drug-likeness (QED) is 0.616. The highest BCUT2D eigenvalue weighted by atomic mass is 32.2. The zero-order valence-corrected chi connectivity index (χ0v) is 17.5. The number of hydrogen-bond acceptors (Lipinski definition) is 7. The number of aromatic nitrogens is 2. The Labute approximate surface area is 174 Å². The summed E-state index contributed by atoms with van der Waals surface area (Å²) in [5.74, 6) is 1.50. The summed E-state index contributed by atoms with van der Waals surface area (Å²) in [5.41, 5.74) is 1.83. The Morgan fingerprint density at radius 3 is 2.52 bits per heavy atom. The molecule has 9 heteroatoms. The van der Waals surface area contributed by atoms with Gasteiger partial charge in [0.05, 0.1) is 0 Å². The lowest BCUT2D eigenvalue weighted by atomic mass is 9.85. The van der Waals surface area contributed by atoms with Crippen LogP contribution in [0.5, 0.6) is 0 Å². The molecule has 3 aromatic rings. The van der Waals surface area contributed by atoms with Crippen LogP contribution in [0.2, 0.25) is 0 Å². The Morgan fingerprint density at radius 1 is 1.07 bits per heavy atom. The van der Waals surface area contributed by atoms with E-state index >= 15 is 0 Å². The van der Waals surface area contributed by atoms with Gasteiger partial charge in [-0.15, -0.1) is 11.3 Å². The average molecular weight is 431 g/mol. The monoisotopic (exact) mass is 430 g/mol. The molecule has 0 radical (unpaired) electrons. The maximum atomic E-state index is 13.1. The van der Waals surface area contributed by atoms with Crippen LogP contribution in [0, 0.1) is 0 Å². The molecule has 1 aromatic carbocycles. The van der Waals surface area contributed by atoms with Crippen LogP contribution in [0.1, 0.15) is 31.1 Å². The third-order valence-electron chi connectivity index (χ3n) is 5.68. The standard InChI is InChI=1S/C20H22N4O3S2/c25-29(26,24-11-9-23(10-12-24)17-7-2-1-3-8-17)18-13-16(14-28-18)19-21-20(27-22-19)15-5-4-6-15/h1-3,7-8,13-15H,4-6,9-12H2. The summed E-state index contributed by atoms with van der Waals surface area (Å²) in [5, 5.41) is 5.84. The molecule has 7 nitrogen and oxygen atoms in total. The first-order valence-corrected chi connectivity index (χ1v) is 12.2. The van der Waals surface area contributed by atoms with Crippen molar-refractivity contribution >= 4 is 27.0 Å². The zero-order valence-electron chi connectivity index (χ0n) is 15.9. The van der Waals surface area contributed by atoms with Gasteiger partial charge < -0.3 is 9.42 Å². The molecule has 1 saturated carbocycles. The van der Waals surface area contributed by atoms with E-state index < -0.39 is 10.0 Å². The van der Waals surface area contributed by atoms with Gasteiger partial charge in [0.1, 0.15) is 4.21 Å². The van der Waals surface area contributed by atoms with E-state index in [1.807, 2.05) is 18.2 Å². The van der Waals surface area contributed by atoms with E-state index in [0.29, 0.717) is 53.6 Å². The van der Waals surface area contributed by atoms with Gasteiger partial charge in [0.2, 0.25) is 11.7 Å². The van der Waals surface area contributed by atoms with Crippen molar-refractivity contribution in [3.05, 3.63) is 47.7 Å². The molecule has 1 aliphatic heterocycles. The molecular weight excluding hydrogens is 408 g/mol. The van der Waals surface area contributed by atoms with E-state index in [0.717, 1.165) is 18.5 Å². The molecule has 0 unspecified atom stereocenters. The predicted octanol–water partition coefficient (Wildman–Crippen LogP) is 3.58. The molecular formula is C20H22N4O3S2. The molecule has 0 spiro atoms. The maximum Gasteiger partial charge on any atom is 0.252 e. The molecule has 0 N–H and O–H groups in total. The second-order valence-electron chi connectivity index (χ2n) is 7.47. The van der Waals surface area contributed by atoms with E-state index in [1.165, 1.54) is 17.8 Å². The smallest absolute Gasteiger partial charge is 0.252 e. The van der Waals surface area contributed by atoms with Gasteiger partial charge in [0.15, 0.2) is 0 Å². The number of hydrogen-bond donors (Lipinski definition) is 0. The van der Waals surface area contributed by atoms with Crippen LogP contribution in [-0.4, -0.2) is 49.0 Å². The number of rotatable bonds is 5. The van der Waals surface area contributed by atoms with Crippen molar-refractivity contribution in [2.45, 2.75) is 29.4 Å². The van der Waals surface area contributed by atoms with Crippen molar-refractivity contribution in [1.29, 1.82) is 0 Å². The molecule has 0 amide bonds. The van der Waals surface area contributed by atoms with Gasteiger partial charge in [0.25, 0.3) is 10.0 Å². The second kappa shape index (κ2) is 7.55. The fraction of sp³-hybridized carbons (Fsp3) is 0.400. The van der Waals surface area contributed by atoms with Gasteiger partial charge in [-0.2, -0.15) is 9.29 Å². The average Bonchev–Trinajstić information content (AvgIpc) is 3.38. The van der Waals surface area contributed by atoms with Crippen molar-refractivity contribution in [1.82, 2.24) is 14.4 Å². The van der Waals surface area contributed by atoms with Crippen LogP contribution in [0.25, 0.3) is 11.4 Å². The number of thiophene rings is 1. The van der Waals surface area contributed by atoms with Gasteiger partial charge in [-0.3, -0.25) is 0 Å². The molecule has 3 heterocycles. The predicted molar refractivity (Wildman–Crippen MR) is 112 cm³/mol. The van der Waals surface area contributed by atoms with Crippen molar-refractivity contribution < 1.29 is 12.9 Å². The largest absolute Gasteiger partial charge is 0.369 e. The number of sulfonamides is 1. The van der Waals surface area contributed by atoms with E-state index in [1.54, 1.807) is 15.8 Å². The van der Waals surface area contributed by atoms with Crippen molar-refractivity contribution in [2.24, 2.45) is 0 Å². The first-order valence-electron chi connectivity index (χ1n) is 9.84. The van der Waals surface area contributed by atoms with Crippen LogP contribution in [0.4, 0.5) is 5.69 Å². The zero-order chi connectivity index (χ0) is 19.8. The molecule has 2 aliphatic rings. The van der Waals surface area contributed by atoms with Crippen molar-refractivity contribution in [3.63, 3.8) is 0 Å². The Morgan fingerprint density at radius 2 is 1.83 bits per heavy atom. The lowest BCUT2D eigenvalue weighted by molar-refractivity contribution is 0.292. The fourth-order valence-corrected chi connectivity index (χ4v) is 6.43. The van der Waals surface area contributed by atoms with E-state index in [2.05, 4.69) is 27.2 Å². The topological polar surface area (TPSA) is 79.5 Å². The summed E-state index contributed by atoms with van der Waals surface area (Å²) in [6, 6.07) is 11.8. The summed E-state index contributed by atoms with van der Waals surface area (Å²) in [6.45, 7) is 2.30. The van der Waals surface area contributed by atoms with Crippen LogP contribution in [0.3, 0.4) is 0 Å². The Balaban J connectivity index is 1.29. The van der Waals surface area contributed by atoms with Gasteiger partial charge in [-0.05, 0) is 31.0 Å². The molecule has 2 fully saturated rings. The van der Waals surface area contributed by atoms with E-state index in [9.17, 15) is 8.42 Å². The maximum absolute atomic E-state index is 13.1. The van der Waals surface area contributed by atoms with E-state index in [-0.39, 0.29) is 0 Å². The molecule has 1 saturated heterocycles. The van der Waals surface area contributed by atoms with Gasteiger partial charge in [-0.1, -0.05) is 29.8 Å². The summed E-state index contributed by atoms with van der Waals surface area (Å²) < 4.78 is 33.5. The number of para-hydroxylation sites is 1. The highest BCUT2D eigenvalue weighted by molar-refractivity contribution is 7.91. The molecule has 152 valence electrons. The molecule has 2 aromatic heterocycles. The second-order valence-corrected chi connectivity index (χ2v) is 10.5. The Kier molecular flexibility index (Phi) is 4.89. The van der Waals surface area contributed by atoms with Crippen LogP contribution in [0.15, 0.2) is 50.5 Å². The highest BCUT2D eigenvalue weighted by Gasteiger charge is 2.31. The highest BCUT2D eigenvalue weighted by Crippen LogP contribution is 2.37. The summed E-state index contributed by atoms with van der Waals surface area (Å²) in [6.07, 6.45) is 3.36. The van der Waals surface area contributed by atoms with Crippen LogP contribution in [-0.2, 0) is 10.0 Å². The van der Waals surface area contributed by atoms with E-state index in [4.69, 9.17) is 4.52 Å². The first kappa shape index (κ1) is 18.8. The van der Waals surface area contributed by atoms with Crippen molar-refractivity contribution in [3.8, 4) is 11.4 Å². The third kappa shape index (κ3) is 3.58.